The minimum atomic E-state index is -3.46. The zero-order chi connectivity index (χ0) is 13.9. The maximum atomic E-state index is 12.3. The molecular weight excluding hydrogens is 260 g/mol. The van der Waals surface area contributed by atoms with E-state index in [9.17, 15) is 8.42 Å². The van der Waals surface area contributed by atoms with Crippen molar-refractivity contribution in [1.29, 1.82) is 0 Å². The molecule has 19 heavy (non-hydrogen) atoms. The standard InChI is InChI=1S/C14H20N2O2S/c1-12-6-3-4-9-16(12)11-13(2)19(17,18)14-7-5-8-15-10-14/h5,7-8,10,12H,2-4,6,9,11H2,1H3. The maximum Gasteiger partial charge on any atom is 0.204 e. The third-order valence-corrected chi connectivity index (χ3v) is 5.40. The van der Waals surface area contributed by atoms with Gasteiger partial charge in [0.2, 0.25) is 9.84 Å². The summed E-state index contributed by atoms with van der Waals surface area (Å²) in [5.41, 5.74) is 0. The lowest BCUT2D eigenvalue weighted by atomic mass is 10.0. The summed E-state index contributed by atoms with van der Waals surface area (Å²) in [6, 6.07) is 3.62. The zero-order valence-corrected chi connectivity index (χ0v) is 12.1. The van der Waals surface area contributed by atoms with Gasteiger partial charge in [0.25, 0.3) is 0 Å². The molecule has 4 nitrogen and oxygen atoms in total. The third-order valence-electron chi connectivity index (χ3n) is 3.64. The van der Waals surface area contributed by atoms with Crippen LogP contribution in [0.15, 0.2) is 40.9 Å². The van der Waals surface area contributed by atoms with Gasteiger partial charge in [0.05, 0.1) is 9.80 Å². The van der Waals surface area contributed by atoms with Gasteiger partial charge < -0.3 is 0 Å². The van der Waals surface area contributed by atoms with E-state index in [0.717, 1.165) is 19.4 Å². The van der Waals surface area contributed by atoms with Gasteiger partial charge in [-0.05, 0) is 38.4 Å². The number of rotatable bonds is 4. The summed E-state index contributed by atoms with van der Waals surface area (Å²) < 4.78 is 24.7. The molecule has 0 spiro atoms. The molecule has 1 unspecified atom stereocenters. The molecule has 1 fully saturated rings. The van der Waals surface area contributed by atoms with Crippen molar-refractivity contribution in [1.82, 2.24) is 9.88 Å². The first kappa shape index (κ1) is 14.2. The van der Waals surface area contributed by atoms with Gasteiger partial charge in [-0.25, -0.2) is 8.42 Å². The number of pyridine rings is 1. The second kappa shape index (κ2) is 5.84. The number of hydrogen-bond acceptors (Lipinski definition) is 4. The van der Waals surface area contributed by atoms with Crippen LogP contribution in [-0.4, -0.2) is 37.4 Å². The fraction of sp³-hybridized carbons (Fsp3) is 0.500. The van der Waals surface area contributed by atoms with Crippen LogP contribution in [0.1, 0.15) is 26.2 Å². The first-order valence-corrected chi connectivity index (χ1v) is 8.07. The summed E-state index contributed by atoms with van der Waals surface area (Å²) in [4.78, 5) is 6.54. The van der Waals surface area contributed by atoms with Gasteiger partial charge in [0.15, 0.2) is 0 Å². The number of likely N-dealkylation sites (tertiary alicyclic amines) is 1. The molecule has 1 atom stereocenters. The second-order valence-corrected chi connectivity index (χ2v) is 7.10. The minimum absolute atomic E-state index is 0.227. The molecule has 0 radical (unpaired) electrons. The minimum Gasteiger partial charge on any atom is -0.296 e. The van der Waals surface area contributed by atoms with E-state index in [1.807, 2.05) is 0 Å². The first-order chi connectivity index (χ1) is 9.01. The number of nitrogens with zero attached hydrogens (tertiary/aromatic N) is 2. The highest BCUT2D eigenvalue weighted by molar-refractivity contribution is 7.95. The van der Waals surface area contributed by atoms with E-state index in [4.69, 9.17) is 0 Å². The lowest BCUT2D eigenvalue weighted by Gasteiger charge is -2.33. The van der Waals surface area contributed by atoms with E-state index in [2.05, 4.69) is 23.4 Å². The molecule has 2 heterocycles. The highest BCUT2D eigenvalue weighted by atomic mass is 32.2. The smallest absolute Gasteiger partial charge is 0.204 e. The van der Waals surface area contributed by atoms with Crippen LogP contribution in [0.3, 0.4) is 0 Å². The van der Waals surface area contributed by atoms with E-state index in [1.165, 1.54) is 12.6 Å². The lowest BCUT2D eigenvalue weighted by Crippen LogP contribution is -2.39. The van der Waals surface area contributed by atoms with E-state index >= 15 is 0 Å². The lowest BCUT2D eigenvalue weighted by molar-refractivity contribution is 0.177. The Labute approximate surface area is 115 Å². The third kappa shape index (κ3) is 3.22. The molecule has 0 bridgehead atoms. The quantitative estimate of drug-likeness (QED) is 0.849. The maximum absolute atomic E-state index is 12.3. The average molecular weight is 280 g/mol. The van der Waals surface area contributed by atoms with Crippen molar-refractivity contribution in [2.24, 2.45) is 0 Å². The van der Waals surface area contributed by atoms with Crippen molar-refractivity contribution in [2.45, 2.75) is 37.1 Å². The predicted molar refractivity (Wildman–Crippen MR) is 75.4 cm³/mol. The van der Waals surface area contributed by atoms with Gasteiger partial charge in [-0.2, -0.15) is 0 Å². The van der Waals surface area contributed by atoms with Crippen molar-refractivity contribution < 1.29 is 8.42 Å². The van der Waals surface area contributed by atoms with Gasteiger partial charge in [0.1, 0.15) is 0 Å². The van der Waals surface area contributed by atoms with Gasteiger partial charge in [0, 0.05) is 25.0 Å². The molecule has 104 valence electrons. The summed E-state index contributed by atoms with van der Waals surface area (Å²) in [7, 11) is -3.46. The molecule has 0 N–H and O–H groups in total. The van der Waals surface area contributed by atoms with Crippen molar-refractivity contribution in [3.05, 3.63) is 36.0 Å². The molecule has 1 aliphatic rings. The Balaban J connectivity index is 2.11. The van der Waals surface area contributed by atoms with Gasteiger partial charge in [-0.1, -0.05) is 13.0 Å². The van der Waals surface area contributed by atoms with Gasteiger partial charge >= 0.3 is 0 Å². The van der Waals surface area contributed by atoms with E-state index in [0.29, 0.717) is 12.6 Å². The Morgan fingerprint density at radius 2 is 2.32 bits per heavy atom. The van der Waals surface area contributed by atoms with Gasteiger partial charge in [-0.3, -0.25) is 9.88 Å². The Morgan fingerprint density at radius 1 is 1.53 bits per heavy atom. The largest absolute Gasteiger partial charge is 0.296 e. The van der Waals surface area contributed by atoms with Crippen molar-refractivity contribution in [2.75, 3.05) is 13.1 Å². The molecule has 1 saturated heterocycles. The van der Waals surface area contributed by atoms with Gasteiger partial charge in [-0.15, -0.1) is 0 Å². The predicted octanol–water partition coefficient (Wildman–Crippen LogP) is 2.24. The van der Waals surface area contributed by atoms with Crippen LogP contribution in [0.2, 0.25) is 0 Å². The fourth-order valence-electron chi connectivity index (χ4n) is 2.38. The van der Waals surface area contributed by atoms with E-state index < -0.39 is 9.84 Å². The molecule has 0 aliphatic carbocycles. The monoisotopic (exact) mass is 280 g/mol. The number of piperidine rings is 1. The van der Waals surface area contributed by atoms with Crippen molar-refractivity contribution in [3.8, 4) is 0 Å². The molecule has 0 aromatic carbocycles. The number of aromatic nitrogens is 1. The zero-order valence-electron chi connectivity index (χ0n) is 11.2. The molecule has 1 aromatic heterocycles. The summed E-state index contributed by atoms with van der Waals surface area (Å²) in [6.45, 7) is 7.28. The van der Waals surface area contributed by atoms with Crippen LogP contribution in [0.4, 0.5) is 0 Å². The van der Waals surface area contributed by atoms with E-state index in [1.54, 1.807) is 18.3 Å². The van der Waals surface area contributed by atoms with Crippen LogP contribution in [0, 0.1) is 0 Å². The number of hydrogen-bond donors (Lipinski definition) is 0. The summed E-state index contributed by atoms with van der Waals surface area (Å²) in [5, 5.41) is 0. The van der Waals surface area contributed by atoms with E-state index in [-0.39, 0.29) is 9.80 Å². The first-order valence-electron chi connectivity index (χ1n) is 6.59. The Hall–Kier alpha value is -1.20. The normalized spacial score (nSPS) is 21.2. The molecule has 5 heteroatoms. The molecular formula is C14H20N2O2S. The molecule has 1 aliphatic heterocycles. The SMILES string of the molecule is C=C(CN1CCCCC1C)S(=O)(=O)c1cccnc1. The molecule has 1 aromatic rings. The Bertz CT molecular complexity index is 540. The summed E-state index contributed by atoms with van der Waals surface area (Å²) >= 11 is 0. The summed E-state index contributed by atoms with van der Waals surface area (Å²) in [6.07, 6.45) is 6.42. The van der Waals surface area contributed by atoms with Crippen molar-refractivity contribution >= 4 is 9.84 Å². The van der Waals surface area contributed by atoms with Crippen LogP contribution >= 0.6 is 0 Å². The fourth-order valence-corrected chi connectivity index (χ4v) is 3.50. The topological polar surface area (TPSA) is 50.3 Å². The number of sulfone groups is 1. The second-order valence-electron chi connectivity index (χ2n) is 5.05. The highest BCUT2D eigenvalue weighted by Gasteiger charge is 2.24. The van der Waals surface area contributed by atoms with Crippen LogP contribution in [-0.2, 0) is 9.84 Å². The molecule has 0 saturated carbocycles. The summed E-state index contributed by atoms with van der Waals surface area (Å²) in [5.74, 6) is 0. The van der Waals surface area contributed by atoms with Crippen LogP contribution in [0.25, 0.3) is 0 Å². The average Bonchev–Trinajstić information content (AvgIpc) is 2.42. The Kier molecular flexibility index (Phi) is 4.37. The molecule has 0 amide bonds. The Morgan fingerprint density at radius 3 is 2.95 bits per heavy atom. The highest BCUT2D eigenvalue weighted by Crippen LogP contribution is 2.22. The molecule has 2 rings (SSSR count). The van der Waals surface area contributed by atoms with Crippen LogP contribution < -0.4 is 0 Å². The van der Waals surface area contributed by atoms with Crippen LogP contribution in [0.5, 0.6) is 0 Å². The van der Waals surface area contributed by atoms with Crippen molar-refractivity contribution in [3.63, 3.8) is 0 Å².